The molecule has 0 aliphatic carbocycles. The molecule has 41 heavy (non-hydrogen) atoms. The predicted molar refractivity (Wildman–Crippen MR) is 178 cm³/mol. The molecule has 0 aromatic heterocycles. The fraction of sp³-hybridized carbons (Fsp3) is 0.833. The molecule has 0 spiro atoms. The molecule has 4 nitrogen and oxygen atoms in total. The average Bonchev–Trinajstić information content (AvgIpc) is 2.98. The van der Waals surface area contributed by atoms with Crippen molar-refractivity contribution in [1.82, 2.24) is 0 Å². The van der Waals surface area contributed by atoms with Crippen LogP contribution in [0.1, 0.15) is 180 Å². The van der Waals surface area contributed by atoms with Crippen LogP contribution in [0.4, 0.5) is 0 Å². The first-order chi connectivity index (χ1) is 20.1. The standard InChI is InChI=1S/C36H67O4P/c1-4-7-10-12-14-16-18-20-22-24-28-33-38-41(37,40-36-32-27-26-31-35(36)30-9-6-3)39-34-29-25-23-21-19-17-15-13-11-8-5-2/h26-27,31-32H,4-25,28-30,33-34H2,1-3H3. The van der Waals surface area contributed by atoms with Crippen LogP contribution in [0.25, 0.3) is 0 Å². The van der Waals surface area contributed by atoms with E-state index in [9.17, 15) is 4.57 Å². The number of phosphoric acid groups is 1. The third-order valence-corrected chi connectivity index (χ3v) is 9.39. The lowest BCUT2D eigenvalue weighted by atomic mass is 10.1. The number of aryl methyl sites for hydroxylation is 1. The second kappa shape index (κ2) is 28.0. The monoisotopic (exact) mass is 594 g/mol. The van der Waals surface area contributed by atoms with Gasteiger partial charge in [-0.05, 0) is 37.3 Å². The quantitative estimate of drug-likeness (QED) is 0.0633. The molecule has 5 heteroatoms. The molecular formula is C36H67O4P. The highest BCUT2D eigenvalue weighted by atomic mass is 31.2. The summed E-state index contributed by atoms with van der Waals surface area (Å²) in [6, 6.07) is 7.90. The van der Waals surface area contributed by atoms with E-state index in [0.717, 1.165) is 50.5 Å². The predicted octanol–water partition coefficient (Wildman–Crippen LogP) is 13.2. The summed E-state index contributed by atoms with van der Waals surface area (Å²) in [7, 11) is -3.66. The van der Waals surface area contributed by atoms with Crippen molar-refractivity contribution in [3.8, 4) is 5.75 Å². The highest BCUT2D eigenvalue weighted by molar-refractivity contribution is 7.48. The van der Waals surface area contributed by atoms with Gasteiger partial charge in [0.25, 0.3) is 0 Å². The highest BCUT2D eigenvalue weighted by Crippen LogP contribution is 2.50. The second-order valence-corrected chi connectivity index (χ2v) is 13.6. The van der Waals surface area contributed by atoms with Crippen molar-refractivity contribution >= 4 is 7.82 Å². The van der Waals surface area contributed by atoms with Gasteiger partial charge in [0.1, 0.15) is 5.75 Å². The van der Waals surface area contributed by atoms with Crippen molar-refractivity contribution in [3.63, 3.8) is 0 Å². The minimum absolute atomic E-state index is 0.420. The first kappa shape index (κ1) is 38.2. The van der Waals surface area contributed by atoms with Gasteiger partial charge >= 0.3 is 7.82 Å². The molecule has 0 unspecified atom stereocenters. The Bertz CT molecular complexity index is 706. The second-order valence-electron chi connectivity index (χ2n) is 12.0. The van der Waals surface area contributed by atoms with Crippen molar-refractivity contribution in [2.45, 2.75) is 181 Å². The Morgan fingerprint density at radius 3 is 1.27 bits per heavy atom. The molecule has 0 amide bonds. The third-order valence-electron chi connectivity index (χ3n) is 7.98. The van der Waals surface area contributed by atoms with Gasteiger partial charge in [0, 0.05) is 0 Å². The van der Waals surface area contributed by atoms with Crippen LogP contribution in [0.3, 0.4) is 0 Å². The first-order valence-corrected chi connectivity index (χ1v) is 19.3. The lowest BCUT2D eigenvalue weighted by Crippen LogP contribution is -2.06. The summed E-state index contributed by atoms with van der Waals surface area (Å²) in [5, 5.41) is 0. The van der Waals surface area contributed by atoms with E-state index in [1.807, 2.05) is 18.2 Å². The SMILES string of the molecule is CCCCCCCCCCCCCOP(=O)(OCCCCCCCCCCCCC)Oc1ccccc1CCCC. The maximum atomic E-state index is 13.7. The van der Waals surface area contributed by atoms with Gasteiger partial charge < -0.3 is 4.52 Å². The van der Waals surface area contributed by atoms with E-state index >= 15 is 0 Å². The zero-order chi connectivity index (χ0) is 29.7. The topological polar surface area (TPSA) is 44.8 Å². The summed E-state index contributed by atoms with van der Waals surface area (Å²) >= 11 is 0. The zero-order valence-corrected chi connectivity index (χ0v) is 28.4. The lowest BCUT2D eigenvalue weighted by Gasteiger charge is -2.20. The van der Waals surface area contributed by atoms with Crippen LogP contribution in [0.2, 0.25) is 0 Å². The smallest absolute Gasteiger partial charge is 0.404 e. The summed E-state index contributed by atoms with van der Waals surface area (Å²) in [5.41, 5.74) is 1.08. The molecule has 0 heterocycles. The van der Waals surface area contributed by atoms with Crippen LogP contribution in [0, 0.1) is 0 Å². The summed E-state index contributed by atoms with van der Waals surface area (Å²) < 4.78 is 31.5. The van der Waals surface area contributed by atoms with Crippen molar-refractivity contribution in [2.75, 3.05) is 13.2 Å². The summed E-state index contributed by atoms with van der Waals surface area (Å²) in [5.74, 6) is 0.641. The number of phosphoric ester groups is 1. The van der Waals surface area contributed by atoms with Crippen molar-refractivity contribution in [2.24, 2.45) is 0 Å². The molecule has 0 bridgehead atoms. The largest absolute Gasteiger partial charge is 0.530 e. The molecule has 0 fully saturated rings. The molecular weight excluding hydrogens is 527 g/mol. The molecule has 0 saturated heterocycles. The Labute approximate surface area is 255 Å². The van der Waals surface area contributed by atoms with E-state index in [1.165, 1.54) is 116 Å². The van der Waals surface area contributed by atoms with Gasteiger partial charge in [0.15, 0.2) is 0 Å². The summed E-state index contributed by atoms with van der Waals surface area (Å²) in [4.78, 5) is 0. The highest BCUT2D eigenvalue weighted by Gasteiger charge is 2.29. The van der Waals surface area contributed by atoms with E-state index < -0.39 is 7.82 Å². The minimum atomic E-state index is -3.66. The first-order valence-electron chi connectivity index (χ1n) is 17.8. The molecule has 1 rings (SSSR count). The van der Waals surface area contributed by atoms with Crippen LogP contribution >= 0.6 is 7.82 Å². The Balaban J connectivity index is 2.37. The number of unbranched alkanes of at least 4 members (excludes halogenated alkanes) is 21. The van der Waals surface area contributed by atoms with Gasteiger partial charge in [-0.25, -0.2) is 4.57 Å². The molecule has 0 N–H and O–H groups in total. The maximum absolute atomic E-state index is 13.7. The van der Waals surface area contributed by atoms with Crippen molar-refractivity contribution in [1.29, 1.82) is 0 Å². The summed E-state index contributed by atoms with van der Waals surface area (Å²) in [6.45, 7) is 7.56. The summed E-state index contributed by atoms with van der Waals surface area (Å²) in [6.07, 6.45) is 31.1. The molecule has 0 aliphatic rings. The molecule has 0 radical (unpaired) electrons. The molecule has 1 aromatic carbocycles. The van der Waals surface area contributed by atoms with Crippen LogP contribution in [0.5, 0.6) is 5.75 Å². The number of hydrogen-bond donors (Lipinski definition) is 0. The van der Waals surface area contributed by atoms with E-state index in [2.05, 4.69) is 26.8 Å². The molecule has 0 aliphatic heterocycles. The van der Waals surface area contributed by atoms with Crippen LogP contribution in [-0.2, 0) is 20.0 Å². The van der Waals surface area contributed by atoms with Crippen LogP contribution < -0.4 is 4.52 Å². The number of hydrogen-bond acceptors (Lipinski definition) is 4. The van der Waals surface area contributed by atoms with Gasteiger partial charge in [-0.2, -0.15) is 0 Å². The Morgan fingerprint density at radius 2 is 0.854 bits per heavy atom. The van der Waals surface area contributed by atoms with Crippen molar-refractivity contribution < 1.29 is 18.1 Å². The van der Waals surface area contributed by atoms with Crippen LogP contribution in [-0.4, -0.2) is 13.2 Å². The molecule has 240 valence electrons. The van der Waals surface area contributed by atoms with E-state index in [0.29, 0.717) is 19.0 Å². The minimum Gasteiger partial charge on any atom is -0.404 e. The molecule has 0 saturated carbocycles. The van der Waals surface area contributed by atoms with Crippen molar-refractivity contribution in [3.05, 3.63) is 29.8 Å². The average molecular weight is 595 g/mol. The van der Waals surface area contributed by atoms with E-state index in [-0.39, 0.29) is 0 Å². The van der Waals surface area contributed by atoms with Gasteiger partial charge in [-0.15, -0.1) is 0 Å². The van der Waals surface area contributed by atoms with Gasteiger partial charge in [-0.1, -0.05) is 174 Å². The van der Waals surface area contributed by atoms with E-state index in [1.54, 1.807) is 0 Å². The molecule has 0 atom stereocenters. The number of rotatable bonds is 31. The fourth-order valence-corrected chi connectivity index (χ4v) is 6.57. The Morgan fingerprint density at radius 1 is 0.488 bits per heavy atom. The lowest BCUT2D eigenvalue weighted by molar-refractivity contribution is 0.150. The number of para-hydroxylation sites is 1. The van der Waals surface area contributed by atoms with Crippen LogP contribution in [0.15, 0.2) is 24.3 Å². The Hall–Kier alpha value is -0.830. The number of benzene rings is 1. The maximum Gasteiger partial charge on any atom is 0.530 e. The van der Waals surface area contributed by atoms with Gasteiger partial charge in [-0.3, -0.25) is 9.05 Å². The Kier molecular flexibility index (Phi) is 26.1. The van der Waals surface area contributed by atoms with E-state index in [4.69, 9.17) is 13.6 Å². The zero-order valence-electron chi connectivity index (χ0n) is 27.5. The fourth-order valence-electron chi connectivity index (χ4n) is 5.26. The normalized spacial score (nSPS) is 11.8. The van der Waals surface area contributed by atoms with Gasteiger partial charge in [0.05, 0.1) is 13.2 Å². The van der Waals surface area contributed by atoms with Gasteiger partial charge in [0.2, 0.25) is 0 Å². The molecule has 1 aromatic rings. The third kappa shape index (κ3) is 22.4.